The molecule has 0 N–H and O–H groups in total. The highest BCUT2D eigenvalue weighted by atomic mass is 14.8. The number of aromatic nitrogens is 1. The Morgan fingerprint density at radius 1 is 0.862 bits per heavy atom. The molecule has 1 aromatic carbocycles. The molecule has 4 rings (SSSR count). The standard InChI is InChI=1S/C27H24N2/c1-18-13-24(22-5-9-28-10-6-22)14-19(2)26(18)17-27-20(3)15-25(16-21(27)4)23-7-11-29-12-8-23/h5-16H,1-4H3. The van der Waals surface area contributed by atoms with E-state index in [9.17, 15) is 0 Å². The Morgan fingerprint density at radius 2 is 1.45 bits per heavy atom. The van der Waals surface area contributed by atoms with E-state index in [1.54, 1.807) is 0 Å². The van der Waals surface area contributed by atoms with Crippen LogP contribution in [0.1, 0.15) is 30.5 Å². The van der Waals surface area contributed by atoms with Gasteiger partial charge in [0.2, 0.25) is 0 Å². The van der Waals surface area contributed by atoms with Crippen molar-refractivity contribution in [3.8, 4) is 0 Å². The fourth-order valence-corrected chi connectivity index (χ4v) is 3.87. The fraction of sp³-hybridized carbons (Fsp3) is 0.148. The summed E-state index contributed by atoms with van der Waals surface area (Å²) < 4.78 is 0. The Balaban J connectivity index is 1.85. The van der Waals surface area contributed by atoms with Gasteiger partial charge in [0.1, 0.15) is 0 Å². The molecule has 0 amide bonds. The van der Waals surface area contributed by atoms with Crippen LogP contribution < -0.4 is 10.4 Å². The maximum Gasteiger partial charge on any atom is 0.0882 e. The molecule has 0 radical (unpaired) electrons. The summed E-state index contributed by atoms with van der Waals surface area (Å²) in [6.45, 7) is 8.65. The molecule has 1 aliphatic heterocycles. The van der Waals surface area contributed by atoms with Crippen LogP contribution in [0.15, 0.2) is 90.1 Å². The van der Waals surface area contributed by atoms with Crippen LogP contribution in [0, 0.1) is 19.8 Å². The summed E-state index contributed by atoms with van der Waals surface area (Å²) in [5.74, 6) is 1.22. The van der Waals surface area contributed by atoms with Gasteiger partial charge in [-0.25, -0.2) is 4.98 Å². The zero-order valence-electron chi connectivity index (χ0n) is 17.3. The smallest absolute Gasteiger partial charge is 0.0882 e. The van der Waals surface area contributed by atoms with Crippen LogP contribution in [0.5, 0.6) is 0 Å². The van der Waals surface area contributed by atoms with Crippen molar-refractivity contribution < 1.29 is 0 Å². The van der Waals surface area contributed by atoms with Gasteiger partial charge in [0, 0.05) is 40.6 Å². The Morgan fingerprint density at radius 3 is 2.03 bits per heavy atom. The minimum absolute atomic E-state index is 1.17. The fourth-order valence-electron chi connectivity index (χ4n) is 3.87. The number of hydrogen-bond donors (Lipinski definition) is 0. The number of hydrogen-bond acceptors (Lipinski definition) is 1. The third-order valence-electron chi connectivity index (χ3n) is 5.34. The molecule has 0 spiro atoms. The lowest BCUT2D eigenvalue weighted by Gasteiger charge is -2.14. The summed E-state index contributed by atoms with van der Waals surface area (Å²) in [7, 11) is 0. The lowest BCUT2D eigenvalue weighted by molar-refractivity contribution is 1.19. The molecule has 2 heterocycles. The molecule has 0 saturated carbocycles. The Hall–Kier alpha value is -3.48. The van der Waals surface area contributed by atoms with Gasteiger partial charge in [-0.3, -0.25) is 0 Å². The van der Waals surface area contributed by atoms with Crippen molar-refractivity contribution in [1.29, 1.82) is 0 Å². The second kappa shape index (κ2) is 7.87. The largest absolute Gasteiger partial charge is 0.670 e. The SMILES string of the molecule is CC1=C[C+](c2ccncc2)C=C(C)C1=C=c1c(C)cc(=C2C=C[N-]C=C2)cc1C. The minimum atomic E-state index is 1.17. The second-order valence-corrected chi connectivity index (χ2v) is 7.57. The summed E-state index contributed by atoms with van der Waals surface area (Å²) in [6.07, 6.45) is 15.9. The zero-order valence-corrected chi connectivity index (χ0v) is 17.3. The minimum Gasteiger partial charge on any atom is -0.670 e. The first-order chi connectivity index (χ1) is 14.0. The molecule has 1 aromatic heterocycles. The van der Waals surface area contributed by atoms with E-state index in [2.05, 4.69) is 68.0 Å². The molecule has 0 unspecified atom stereocenters. The number of rotatable bonds is 1. The van der Waals surface area contributed by atoms with Crippen molar-refractivity contribution in [2.45, 2.75) is 27.7 Å². The molecule has 29 heavy (non-hydrogen) atoms. The van der Waals surface area contributed by atoms with E-state index in [1.165, 1.54) is 55.3 Å². The topological polar surface area (TPSA) is 27.0 Å². The predicted molar refractivity (Wildman–Crippen MR) is 121 cm³/mol. The molecule has 2 aromatic rings. The normalized spacial score (nSPS) is 15.7. The van der Waals surface area contributed by atoms with E-state index < -0.39 is 0 Å². The van der Waals surface area contributed by atoms with Crippen molar-refractivity contribution in [2.24, 2.45) is 0 Å². The average Bonchev–Trinajstić information content (AvgIpc) is 2.73. The number of pyridine rings is 1. The summed E-state index contributed by atoms with van der Waals surface area (Å²) >= 11 is 0. The zero-order chi connectivity index (χ0) is 20.4. The van der Waals surface area contributed by atoms with Crippen molar-refractivity contribution in [2.75, 3.05) is 0 Å². The highest BCUT2D eigenvalue weighted by Gasteiger charge is 2.22. The van der Waals surface area contributed by atoms with Crippen molar-refractivity contribution >= 4 is 11.3 Å². The maximum absolute atomic E-state index is 4.12. The Kier molecular flexibility index (Phi) is 5.12. The summed E-state index contributed by atoms with van der Waals surface area (Å²) in [5.41, 5.74) is 12.2. The lowest BCUT2D eigenvalue weighted by Crippen LogP contribution is -2.18. The van der Waals surface area contributed by atoms with E-state index in [4.69, 9.17) is 0 Å². The van der Waals surface area contributed by atoms with Gasteiger partial charge in [-0.05, 0) is 49.6 Å². The van der Waals surface area contributed by atoms with Crippen molar-refractivity contribution in [3.05, 3.63) is 128 Å². The Bertz CT molecular complexity index is 1170. The molecule has 0 atom stereocenters. The summed E-state index contributed by atoms with van der Waals surface area (Å²) in [5, 5.41) is 6.51. The van der Waals surface area contributed by atoms with Gasteiger partial charge in [-0.15, -0.1) is 0 Å². The van der Waals surface area contributed by atoms with Gasteiger partial charge < -0.3 is 5.32 Å². The predicted octanol–water partition coefficient (Wildman–Crippen LogP) is 5.10. The van der Waals surface area contributed by atoms with E-state index in [-0.39, 0.29) is 0 Å². The molecular formula is C27H24N2. The van der Waals surface area contributed by atoms with Gasteiger partial charge in [-0.2, -0.15) is 12.4 Å². The summed E-state index contributed by atoms with van der Waals surface area (Å²) in [6, 6.07) is 8.57. The first-order valence-electron chi connectivity index (χ1n) is 9.83. The molecule has 2 aliphatic rings. The van der Waals surface area contributed by atoms with E-state index in [0.717, 1.165) is 0 Å². The van der Waals surface area contributed by atoms with Gasteiger partial charge in [0.05, 0.1) is 29.4 Å². The van der Waals surface area contributed by atoms with E-state index >= 15 is 0 Å². The highest BCUT2D eigenvalue weighted by Crippen LogP contribution is 2.31. The quantitative estimate of drug-likeness (QED) is 0.636. The first kappa shape index (κ1) is 18.9. The van der Waals surface area contributed by atoms with Gasteiger partial charge in [0.25, 0.3) is 0 Å². The van der Waals surface area contributed by atoms with Crippen LogP contribution in [0.25, 0.3) is 16.6 Å². The van der Waals surface area contributed by atoms with E-state index in [0.29, 0.717) is 0 Å². The van der Waals surface area contributed by atoms with Crippen LogP contribution in [-0.4, -0.2) is 4.98 Å². The first-order valence-corrected chi connectivity index (χ1v) is 9.83. The number of allylic oxidation sites excluding steroid dienone is 7. The molecule has 0 bridgehead atoms. The van der Waals surface area contributed by atoms with Crippen LogP contribution in [-0.2, 0) is 0 Å². The summed E-state index contributed by atoms with van der Waals surface area (Å²) in [4.78, 5) is 4.12. The number of benzene rings is 1. The Labute approximate surface area is 172 Å². The van der Waals surface area contributed by atoms with Gasteiger partial charge in [-0.1, -0.05) is 30.0 Å². The molecule has 142 valence electrons. The molecule has 1 aliphatic carbocycles. The van der Waals surface area contributed by atoms with Crippen LogP contribution in [0.2, 0.25) is 0 Å². The average molecular weight is 377 g/mol. The van der Waals surface area contributed by atoms with Crippen molar-refractivity contribution in [1.82, 2.24) is 4.98 Å². The highest BCUT2D eigenvalue weighted by molar-refractivity contribution is 5.70. The third-order valence-corrected chi connectivity index (χ3v) is 5.34. The van der Waals surface area contributed by atoms with Gasteiger partial charge in [0.15, 0.2) is 0 Å². The maximum atomic E-state index is 4.12. The molecule has 2 heteroatoms. The van der Waals surface area contributed by atoms with Crippen molar-refractivity contribution in [3.63, 3.8) is 0 Å². The van der Waals surface area contributed by atoms with Crippen LogP contribution in [0.4, 0.5) is 0 Å². The van der Waals surface area contributed by atoms with Crippen LogP contribution >= 0.6 is 0 Å². The second-order valence-electron chi connectivity index (χ2n) is 7.57. The molecule has 0 saturated heterocycles. The monoisotopic (exact) mass is 376 g/mol. The van der Waals surface area contributed by atoms with Crippen LogP contribution in [0.3, 0.4) is 0 Å². The molecule has 2 nitrogen and oxygen atoms in total. The molecule has 0 fully saturated rings. The number of aryl methyl sites for hydroxylation is 2. The van der Waals surface area contributed by atoms with Gasteiger partial charge >= 0.3 is 0 Å². The molecular weight excluding hydrogens is 352 g/mol. The third kappa shape index (κ3) is 3.89. The lowest BCUT2D eigenvalue weighted by atomic mass is 9.85. The van der Waals surface area contributed by atoms with E-state index in [1.807, 2.05) is 49.1 Å². The number of nitrogens with zero attached hydrogens (tertiary/aromatic N) is 2.